The molecular weight excluding hydrogens is 214 g/mol. The molecule has 1 amide bonds. The third kappa shape index (κ3) is 5.14. The molecule has 0 aliphatic heterocycles. The van der Waals surface area contributed by atoms with Crippen LogP contribution in [-0.4, -0.2) is 19.0 Å². The Morgan fingerprint density at radius 2 is 2.06 bits per heavy atom. The SMILES string of the molecule is CCNC(=O)CCNCc1ccc(C#N)cc1. The van der Waals surface area contributed by atoms with Crippen LogP contribution in [-0.2, 0) is 11.3 Å². The lowest BCUT2D eigenvalue weighted by atomic mass is 10.1. The van der Waals surface area contributed by atoms with Crippen LogP contribution >= 0.6 is 0 Å². The van der Waals surface area contributed by atoms with Gasteiger partial charge in [-0.25, -0.2) is 0 Å². The summed E-state index contributed by atoms with van der Waals surface area (Å²) < 4.78 is 0. The minimum Gasteiger partial charge on any atom is -0.356 e. The van der Waals surface area contributed by atoms with E-state index in [2.05, 4.69) is 16.7 Å². The predicted octanol–water partition coefficient (Wildman–Crippen LogP) is 1.17. The van der Waals surface area contributed by atoms with Gasteiger partial charge in [0.25, 0.3) is 0 Å². The molecule has 0 heterocycles. The normalized spacial score (nSPS) is 9.65. The zero-order chi connectivity index (χ0) is 12.5. The standard InChI is InChI=1S/C13H17N3O/c1-2-16-13(17)7-8-15-10-12-5-3-11(9-14)4-6-12/h3-6,15H,2,7-8,10H2,1H3,(H,16,17). The van der Waals surface area contributed by atoms with Crippen LogP contribution < -0.4 is 10.6 Å². The summed E-state index contributed by atoms with van der Waals surface area (Å²) in [4.78, 5) is 11.2. The molecule has 0 saturated carbocycles. The largest absolute Gasteiger partial charge is 0.356 e. The second-order valence-electron chi connectivity index (χ2n) is 3.69. The molecule has 0 unspecified atom stereocenters. The molecule has 0 aromatic heterocycles. The molecule has 0 spiro atoms. The van der Waals surface area contributed by atoms with E-state index in [1.807, 2.05) is 19.1 Å². The second kappa shape index (κ2) is 7.42. The molecule has 90 valence electrons. The van der Waals surface area contributed by atoms with Gasteiger partial charge in [-0.3, -0.25) is 4.79 Å². The van der Waals surface area contributed by atoms with Crippen LogP contribution in [0.2, 0.25) is 0 Å². The average molecular weight is 231 g/mol. The molecule has 0 fully saturated rings. The lowest BCUT2D eigenvalue weighted by Crippen LogP contribution is -2.27. The highest BCUT2D eigenvalue weighted by Gasteiger charge is 1.98. The van der Waals surface area contributed by atoms with E-state index < -0.39 is 0 Å². The quantitative estimate of drug-likeness (QED) is 0.722. The maximum Gasteiger partial charge on any atom is 0.221 e. The van der Waals surface area contributed by atoms with Crippen molar-refractivity contribution in [2.75, 3.05) is 13.1 Å². The summed E-state index contributed by atoms with van der Waals surface area (Å²) in [5.74, 6) is 0.0693. The fourth-order valence-corrected chi connectivity index (χ4v) is 1.42. The summed E-state index contributed by atoms with van der Waals surface area (Å²) in [5, 5.41) is 14.6. The Morgan fingerprint density at radius 3 is 2.65 bits per heavy atom. The molecule has 0 atom stereocenters. The van der Waals surface area contributed by atoms with Crippen molar-refractivity contribution in [3.8, 4) is 6.07 Å². The van der Waals surface area contributed by atoms with E-state index in [4.69, 9.17) is 5.26 Å². The van der Waals surface area contributed by atoms with Gasteiger partial charge in [0.05, 0.1) is 11.6 Å². The van der Waals surface area contributed by atoms with Crippen molar-refractivity contribution in [3.63, 3.8) is 0 Å². The summed E-state index contributed by atoms with van der Waals surface area (Å²) in [6.45, 7) is 3.95. The summed E-state index contributed by atoms with van der Waals surface area (Å²) in [6, 6.07) is 9.49. The zero-order valence-electron chi connectivity index (χ0n) is 9.99. The number of carbonyl (C=O) groups is 1. The number of hydrogen-bond acceptors (Lipinski definition) is 3. The Morgan fingerprint density at radius 1 is 1.35 bits per heavy atom. The number of carbonyl (C=O) groups excluding carboxylic acids is 1. The van der Waals surface area contributed by atoms with Gasteiger partial charge in [-0.1, -0.05) is 12.1 Å². The maximum atomic E-state index is 11.2. The van der Waals surface area contributed by atoms with E-state index in [0.717, 1.165) is 5.56 Å². The maximum absolute atomic E-state index is 11.2. The first-order valence-corrected chi connectivity index (χ1v) is 5.72. The van der Waals surface area contributed by atoms with Crippen molar-refractivity contribution < 1.29 is 4.79 Å². The molecule has 0 bridgehead atoms. The van der Waals surface area contributed by atoms with Crippen LogP contribution in [0.25, 0.3) is 0 Å². The highest BCUT2D eigenvalue weighted by Crippen LogP contribution is 2.02. The Balaban J connectivity index is 2.22. The van der Waals surface area contributed by atoms with Gasteiger partial charge in [-0.2, -0.15) is 5.26 Å². The number of hydrogen-bond donors (Lipinski definition) is 2. The fourth-order valence-electron chi connectivity index (χ4n) is 1.42. The van der Waals surface area contributed by atoms with Crippen molar-refractivity contribution in [2.24, 2.45) is 0 Å². The van der Waals surface area contributed by atoms with E-state index in [1.54, 1.807) is 12.1 Å². The third-order valence-electron chi connectivity index (χ3n) is 2.31. The highest BCUT2D eigenvalue weighted by atomic mass is 16.1. The number of rotatable bonds is 6. The van der Waals surface area contributed by atoms with Gasteiger partial charge in [0, 0.05) is 26.1 Å². The zero-order valence-corrected chi connectivity index (χ0v) is 9.99. The van der Waals surface area contributed by atoms with E-state index in [9.17, 15) is 4.79 Å². The summed E-state index contributed by atoms with van der Waals surface area (Å²) in [5.41, 5.74) is 1.77. The van der Waals surface area contributed by atoms with Gasteiger partial charge < -0.3 is 10.6 Å². The Hall–Kier alpha value is -1.86. The van der Waals surface area contributed by atoms with Crippen molar-refractivity contribution in [3.05, 3.63) is 35.4 Å². The van der Waals surface area contributed by atoms with Crippen molar-refractivity contribution in [1.29, 1.82) is 5.26 Å². The Kier molecular flexibility index (Phi) is 5.76. The average Bonchev–Trinajstić information content (AvgIpc) is 2.36. The molecule has 0 radical (unpaired) electrons. The Labute approximate surface area is 102 Å². The first-order valence-electron chi connectivity index (χ1n) is 5.72. The molecule has 0 aliphatic carbocycles. The molecule has 1 rings (SSSR count). The minimum atomic E-state index is 0.0693. The first-order chi connectivity index (χ1) is 8.26. The molecular formula is C13H17N3O. The number of amides is 1. The lowest BCUT2D eigenvalue weighted by Gasteiger charge is -2.05. The molecule has 0 saturated heterocycles. The van der Waals surface area contributed by atoms with Crippen LogP contribution in [0, 0.1) is 11.3 Å². The van der Waals surface area contributed by atoms with Crippen LogP contribution in [0.15, 0.2) is 24.3 Å². The fraction of sp³-hybridized carbons (Fsp3) is 0.385. The van der Waals surface area contributed by atoms with Crippen LogP contribution in [0.1, 0.15) is 24.5 Å². The van der Waals surface area contributed by atoms with E-state index in [0.29, 0.717) is 31.6 Å². The first kappa shape index (κ1) is 13.2. The topological polar surface area (TPSA) is 64.9 Å². The number of benzene rings is 1. The number of nitrogens with one attached hydrogen (secondary N) is 2. The molecule has 4 heteroatoms. The van der Waals surface area contributed by atoms with Crippen molar-refractivity contribution >= 4 is 5.91 Å². The predicted molar refractivity (Wildman–Crippen MR) is 66.2 cm³/mol. The van der Waals surface area contributed by atoms with Gasteiger partial charge in [-0.05, 0) is 24.6 Å². The van der Waals surface area contributed by atoms with Gasteiger partial charge in [0.15, 0.2) is 0 Å². The summed E-state index contributed by atoms with van der Waals surface area (Å²) in [6.07, 6.45) is 0.490. The van der Waals surface area contributed by atoms with Crippen molar-refractivity contribution in [1.82, 2.24) is 10.6 Å². The molecule has 2 N–H and O–H groups in total. The van der Waals surface area contributed by atoms with E-state index in [1.165, 1.54) is 0 Å². The van der Waals surface area contributed by atoms with Gasteiger partial charge >= 0.3 is 0 Å². The Bertz CT molecular complexity index is 392. The smallest absolute Gasteiger partial charge is 0.221 e. The highest BCUT2D eigenvalue weighted by molar-refractivity contribution is 5.75. The van der Waals surface area contributed by atoms with Crippen LogP contribution in [0.4, 0.5) is 0 Å². The molecule has 1 aromatic rings. The lowest BCUT2D eigenvalue weighted by molar-refractivity contribution is -0.120. The third-order valence-corrected chi connectivity index (χ3v) is 2.31. The number of nitrogens with zero attached hydrogens (tertiary/aromatic N) is 1. The molecule has 17 heavy (non-hydrogen) atoms. The summed E-state index contributed by atoms with van der Waals surface area (Å²) in [7, 11) is 0. The van der Waals surface area contributed by atoms with Crippen molar-refractivity contribution in [2.45, 2.75) is 19.9 Å². The van der Waals surface area contributed by atoms with Crippen LogP contribution in [0.3, 0.4) is 0 Å². The molecule has 0 aliphatic rings. The van der Waals surface area contributed by atoms with E-state index >= 15 is 0 Å². The molecule has 1 aromatic carbocycles. The molecule has 4 nitrogen and oxygen atoms in total. The number of nitriles is 1. The van der Waals surface area contributed by atoms with E-state index in [-0.39, 0.29) is 5.91 Å². The minimum absolute atomic E-state index is 0.0693. The second-order valence-corrected chi connectivity index (χ2v) is 3.69. The summed E-state index contributed by atoms with van der Waals surface area (Å²) >= 11 is 0. The monoisotopic (exact) mass is 231 g/mol. The van der Waals surface area contributed by atoms with Crippen LogP contribution in [0.5, 0.6) is 0 Å². The van der Waals surface area contributed by atoms with Gasteiger partial charge in [0.1, 0.15) is 0 Å². The van der Waals surface area contributed by atoms with Gasteiger partial charge in [-0.15, -0.1) is 0 Å². The van der Waals surface area contributed by atoms with Gasteiger partial charge in [0.2, 0.25) is 5.91 Å².